The molecular formula is C21H18Cl3N3OS. The Labute approximate surface area is 188 Å². The highest BCUT2D eigenvalue weighted by atomic mass is 35.5. The van der Waals surface area contributed by atoms with Gasteiger partial charge in [0, 0.05) is 26.9 Å². The van der Waals surface area contributed by atoms with Gasteiger partial charge in [0.1, 0.15) is 0 Å². The molecule has 3 aromatic rings. The van der Waals surface area contributed by atoms with Crippen LogP contribution in [0.15, 0.2) is 58.5 Å². The van der Waals surface area contributed by atoms with Crippen molar-refractivity contribution in [2.24, 2.45) is 5.10 Å². The second-order valence-electron chi connectivity index (χ2n) is 6.27. The van der Waals surface area contributed by atoms with Crippen LogP contribution >= 0.6 is 46.6 Å². The molecule has 29 heavy (non-hydrogen) atoms. The summed E-state index contributed by atoms with van der Waals surface area (Å²) < 4.78 is 2.01. The van der Waals surface area contributed by atoms with Crippen molar-refractivity contribution in [3.63, 3.8) is 0 Å². The molecule has 0 bridgehead atoms. The van der Waals surface area contributed by atoms with E-state index >= 15 is 0 Å². The predicted octanol–water partition coefficient (Wildman–Crippen LogP) is 6.30. The van der Waals surface area contributed by atoms with Crippen molar-refractivity contribution in [1.29, 1.82) is 0 Å². The maximum absolute atomic E-state index is 12.0. The van der Waals surface area contributed by atoms with Crippen molar-refractivity contribution in [3.8, 4) is 5.69 Å². The normalized spacial score (nSPS) is 11.2. The number of aryl methyl sites for hydroxylation is 1. The molecular weight excluding hydrogens is 449 g/mol. The van der Waals surface area contributed by atoms with E-state index in [9.17, 15) is 4.79 Å². The average Bonchev–Trinajstić information content (AvgIpc) is 2.97. The summed E-state index contributed by atoms with van der Waals surface area (Å²) in [4.78, 5) is 13.0. The minimum absolute atomic E-state index is 0.187. The molecule has 0 spiro atoms. The van der Waals surface area contributed by atoms with E-state index in [0.717, 1.165) is 27.5 Å². The number of aromatic nitrogens is 1. The Morgan fingerprint density at radius 2 is 1.86 bits per heavy atom. The lowest BCUT2D eigenvalue weighted by Crippen LogP contribution is -2.19. The molecule has 0 unspecified atom stereocenters. The van der Waals surface area contributed by atoms with E-state index in [0.29, 0.717) is 15.1 Å². The molecule has 0 saturated heterocycles. The first-order valence-electron chi connectivity index (χ1n) is 8.70. The van der Waals surface area contributed by atoms with E-state index in [1.807, 2.05) is 48.7 Å². The fourth-order valence-electron chi connectivity index (χ4n) is 2.84. The summed E-state index contributed by atoms with van der Waals surface area (Å²) in [5.41, 5.74) is 6.17. The summed E-state index contributed by atoms with van der Waals surface area (Å²) in [5, 5.41) is 5.74. The molecule has 8 heteroatoms. The van der Waals surface area contributed by atoms with Crippen molar-refractivity contribution < 1.29 is 4.79 Å². The van der Waals surface area contributed by atoms with Crippen LogP contribution in [0.2, 0.25) is 15.1 Å². The highest BCUT2D eigenvalue weighted by Crippen LogP contribution is 2.31. The summed E-state index contributed by atoms with van der Waals surface area (Å²) >= 11 is 19.8. The van der Waals surface area contributed by atoms with Gasteiger partial charge in [0.25, 0.3) is 0 Å². The minimum Gasteiger partial charge on any atom is -0.316 e. The minimum atomic E-state index is -0.187. The zero-order valence-electron chi connectivity index (χ0n) is 15.7. The standard InChI is InChI=1S/C21H18Cl3N3OS/c1-13-10-15(14(2)27(13)19-5-3-4-18(23)21(19)24)11-25-26-20(28)12-29-17-8-6-16(22)7-9-17/h3-11H,12H2,1-2H3,(H,26,28)/b25-11+. The lowest BCUT2D eigenvalue weighted by Gasteiger charge is -2.12. The van der Waals surface area contributed by atoms with Crippen LogP contribution in [0.25, 0.3) is 5.69 Å². The zero-order chi connectivity index (χ0) is 21.0. The van der Waals surface area contributed by atoms with Crippen LogP contribution in [0.3, 0.4) is 0 Å². The number of nitrogens with one attached hydrogen (secondary N) is 1. The van der Waals surface area contributed by atoms with Crippen molar-refractivity contribution >= 4 is 58.7 Å². The highest BCUT2D eigenvalue weighted by Gasteiger charge is 2.13. The molecule has 150 valence electrons. The van der Waals surface area contributed by atoms with Crippen LogP contribution in [0.5, 0.6) is 0 Å². The number of halogens is 3. The van der Waals surface area contributed by atoms with Gasteiger partial charge in [-0.1, -0.05) is 40.9 Å². The monoisotopic (exact) mass is 465 g/mol. The van der Waals surface area contributed by atoms with Crippen LogP contribution < -0.4 is 5.43 Å². The molecule has 0 radical (unpaired) electrons. The molecule has 0 fully saturated rings. The number of carbonyl (C=O) groups is 1. The number of thioether (sulfide) groups is 1. The SMILES string of the molecule is Cc1cc(/C=N/NC(=O)CSc2ccc(Cl)cc2)c(C)n1-c1cccc(Cl)c1Cl. The molecule has 0 aliphatic heterocycles. The van der Waals surface area contributed by atoms with E-state index in [-0.39, 0.29) is 11.7 Å². The van der Waals surface area contributed by atoms with Gasteiger partial charge in [0.15, 0.2) is 0 Å². The number of amides is 1. The first-order valence-corrected chi connectivity index (χ1v) is 10.8. The Hall–Kier alpha value is -1.92. The quantitative estimate of drug-likeness (QED) is 0.263. The van der Waals surface area contributed by atoms with Crippen molar-refractivity contribution in [2.75, 3.05) is 5.75 Å². The number of nitrogens with zero attached hydrogens (tertiary/aromatic N) is 2. The Bertz CT molecular complexity index is 1060. The molecule has 1 N–H and O–H groups in total. The van der Waals surface area contributed by atoms with Crippen molar-refractivity contribution in [2.45, 2.75) is 18.7 Å². The Morgan fingerprint density at radius 1 is 1.14 bits per heavy atom. The number of hydrogen-bond acceptors (Lipinski definition) is 3. The number of rotatable bonds is 6. The average molecular weight is 467 g/mol. The van der Waals surface area contributed by atoms with E-state index in [1.54, 1.807) is 24.4 Å². The van der Waals surface area contributed by atoms with Gasteiger partial charge in [-0.3, -0.25) is 4.79 Å². The second-order valence-corrected chi connectivity index (χ2v) is 8.54. The summed E-state index contributed by atoms with van der Waals surface area (Å²) in [6.07, 6.45) is 1.63. The maximum Gasteiger partial charge on any atom is 0.250 e. The third-order valence-corrected chi connectivity index (χ3v) is 6.29. The second kappa shape index (κ2) is 9.72. The molecule has 1 amide bonds. The van der Waals surface area contributed by atoms with Crippen LogP contribution in [-0.4, -0.2) is 22.4 Å². The summed E-state index contributed by atoms with van der Waals surface area (Å²) in [5.74, 6) is 0.0729. The molecule has 4 nitrogen and oxygen atoms in total. The highest BCUT2D eigenvalue weighted by molar-refractivity contribution is 8.00. The van der Waals surface area contributed by atoms with Crippen molar-refractivity contribution in [3.05, 3.63) is 80.6 Å². The van der Waals surface area contributed by atoms with Gasteiger partial charge in [0.2, 0.25) is 5.91 Å². The van der Waals surface area contributed by atoms with Gasteiger partial charge in [-0.25, -0.2) is 5.43 Å². The zero-order valence-corrected chi connectivity index (χ0v) is 18.8. The lowest BCUT2D eigenvalue weighted by molar-refractivity contribution is -0.118. The van der Waals surface area contributed by atoms with E-state index in [2.05, 4.69) is 10.5 Å². The molecule has 0 atom stereocenters. The van der Waals surface area contributed by atoms with Gasteiger partial charge < -0.3 is 4.57 Å². The first-order chi connectivity index (χ1) is 13.9. The number of carbonyl (C=O) groups excluding carboxylic acids is 1. The summed E-state index contributed by atoms with van der Waals surface area (Å²) in [6, 6.07) is 14.8. The van der Waals surface area contributed by atoms with Gasteiger partial charge in [-0.05, 0) is 56.3 Å². The Balaban J connectivity index is 1.66. The number of hydrogen-bond donors (Lipinski definition) is 1. The third kappa shape index (κ3) is 5.37. The lowest BCUT2D eigenvalue weighted by atomic mass is 10.2. The van der Waals surface area contributed by atoms with Crippen LogP contribution in [0, 0.1) is 13.8 Å². The third-order valence-electron chi connectivity index (χ3n) is 4.22. The predicted molar refractivity (Wildman–Crippen MR) is 123 cm³/mol. The smallest absolute Gasteiger partial charge is 0.250 e. The molecule has 0 saturated carbocycles. The Kier molecular flexibility index (Phi) is 7.30. The van der Waals surface area contributed by atoms with Gasteiger partial charge >= 0.3 is 0 Å². The molecule has 0 aliphatic carbocycles. The van der Waals surface area contributed by atoms with E-state index in [1.165, 1.54) is 11.8 Å². The molecule has 2 aromatic carbocycles. The summed E-state index contributed by atoms with van der Waals surface area (Å²) in [7, 11) is 0. The van der Waals surface area contributed by atoms with Gasteiger partial charge in [0.05, 0.1) is 27.7 Å². The fourth-order valence-corrected chi connectivity index (χ4v) is 4.04. The fraction of sp³-hybridized carbons (Fsp3) is 0.143. The number of hydrazone groups is 1. The van der Waals surface area contributed by atoms with Crippen LogP contribution in [0.4, 0.5) is 0 Å². The molecule has 1 heterocycles. The maximum atomic E-state index is 12.0. The molecule has 3 rings (SSSR count). The van der Waals surface area contributed by atoms with Crippen LogP contribution in [-0.2, 0) is 4.79 Å². The number of benzene rings is 2. The largest absolute Gasteiger partial charge is 0.316 e. The summed E-state index contributed by atoms with van der Waals surface area (Å²) in [6.45, 7) is 3.94. The van der Waals surface area contributed by atoms with Gasteiger partial charge in [-0.2, -0.15) is 5.10 Å². The topological polar surface area (TPSA) is 46.4 Å². The van der Waals surface area contributed by atoms with E-state index in [4.69, 9.17) is 34.8 Å². The molecule has 0 aliphatic rings. The molecule has 1 aromatic heterocycles. The Morgan fingerprint density at radius 3 is 2.59 bits per heavy atom. The van der Waals surface area contributed by atoms with E-state index < -0.39 is 0 Å². The van der Waals surface area contributed by atoms with Crippen molar-refractivity contribution in [1.82, 2.24) is 9.99 Å². The van der Waals surface area contributed by atoms with Gasteiger partial charge in [-0.15, -0.1) is 11.8 Å². The first kappa shape index (κ1) is 21.8. The van der Waals surface area contributed by atoms with Crippen LogP contribution in [0.1, 0.15) is 17.0 Å².